The number of amides is 3. The third-order valence-electron chi connectivity index (χ3n) is 7.92. The fraction of sp³-hybridized carbons (Fsp3) is 0.483. The molecule has 15 heteroatoms. The van der Waals surface area contributed by atoms with Gasteiger partial charge in [-0.05, 0) is 62.1 Å². The van der Waals surface area contributed by atoms with Crippen LogP contribution in [0.2, 0.25) is 0 Å². The first kappa shape index (κ1) is 34.4. The van der Waals surface area contributed by atoms with Gasteiger partial charge in [0.1, 0.15) is 0 Å². The highest BCUT2D eigenvalue weighted by Gasteiger charge is 2.52. The molecule has 1 heterocycles. The number of alkyl halides is 3. The van der Waals surface area contributed by atoms with Crippen molar-refractivity contribution in [3.63, 3.8) is 0 Å². The van der Waals surface area contributed by atoms with Gasteiger partial charge in [0.2, 0.25) is 5.91 Å². The summed E-state index contributed by atoms with van der Waals surface area (Å²) >= 11 is 0. The number of carbonyl (C=O) groups is 3. The molecule has 3 atom stereocenters. The van der Waals surface area contributed by atoms with Gasteiger partial charge in [-0.3, -0.25) is 9.69 Å². The smallest absolute Gasteiger partial charge is 0.490 e. The molecule has 1 aliphatic carbocycles. The number of fused-ring (bicyclic) bond motifs is 1. The second-order valence-electron chi connectivity index (χ2n) is 10.8. The summed E-state index contributed by atoms with van der Waals surface area (Å²) in [7, 11) is 6.70. The van der Waals surface area contributed by atoms with Crippen LogP contribution in [-0.2, 0) is 15.0 Å². The summed E-state index contributed by atoms with van der Waals surface area (Å²) in [5.41, 5.74) is 1.09. The van der Waals surface area contributed by atoms with E-state index >= 15 is 0 Å². The van der Waals surface area contributed by atoms with E-state index in [9.17, 15) is 31.5 Å². The fourth-order valence-corrected chi connectivity index (χ4v) is 5.69. The number of ether oxygens (including phenoxy) is 2. The Balaban J connectivity index is 0.000000676. The summed E-state index contributed by atoms with van der Waals surface area (Å²) in [4.78, 5) is 38.0. The molecular formula is C29H35F5N4O6. The minimum absolute atomic E-state index is 0.0109. The molecular weight excluding hydrogens is 595 g/mol. The Bertz CT molecular complexity index is 1360. The number of benzene rings is 2. The number of hydrogen-bond acceptors (Lipinski definition) is 6. The van der Waals surface area contributed by atoms with Crippen LogP contribution in [0.4, 0.5) is 32.4 Å². The standard InChI is InChI=1S/C27H34F2N4O4.C2HF3O2/c1-32(2)25(34)16-33-12-11-27(17-5-8-22(36-3)23(13-17)37-4)10-9-19(15-24(27)33)31-26(35)30-18-6-7-20(28)21(29)14-18;3-2(4,5)1(6)7/h5-8,13-14,19,24H,9-12,15-16H2,1-4H3,(H2,30,31,35);(H,6,7)/t19-,24+,27+;/m1./s1. The van der Waals surface area contributed by atoms with E-state index in [1.807, 2.05) is 12.1 Å². The first-order chi connectivity index (χ1) is 20.6. The summed E-state index contributed by atoms with van der Waals surface area (Å²) in [5.74, 6) is -3.43. The maximum absolute atomic E-state index is 13.5. The molecule has 0 aromatic heterocycles. The molecule has 0 bridgehead atoms. The average molecular weight is 631 g/mol. The number of urea groups is 1. The van der Waals surface area contributed by atoms with Crippen LogP contribution in [0.3, 0.4) is 0 Å². The number of carboxylic acids is 1. The second-order valence-corrected chi connectivity index (χ2v) is 10.8. The van der Waals surface area contributed by atoms with Crippen molar-refractivity contribution in [2.45, 2.75) is 49.4 Å². The van der Waals surface area contributed by atoms with E-state index in [4.69, 9.17) is 19.4 Å². The molecule has 2 fully saturated rings. The van der Waals surface area contributed by atoms with Gasteiger partial charge in [-0.25, -0.2) is 18.4 Å². The predicted molar refractivity (Wildman–Crippen MR) is 150 cm³/mol. The molecule has 2 aromatic carbocycles. The first-order valence-electron chi connectivity index (χ1n) is 13.6. The van der Waals surface area contributed by atoms with Crippen LogP contribution in [0, 0.1) is 11.6 Å². The molecule has 2 aromatic rings. The Hall–Kier alpha value is -4.14. The van der Waals surface area contributed by atoms with Crippen LogP contribution in [0.25, 0.3) is 0 Å². The Morgan fingerprint density at radius 1 is 1.02 bits per heavy atom. The topological polar surface area (TPSA) is 120 Å². The number of carboxylic acid groups (broad SMARTS) is 1. The quantitative estimate of drug-likeness (QED) is 0.389. The minimum Gasteiger partial charge on any atom is -0.493 e. The second kappa shape index (κ2) is 14.1. The number of likely N-dealkylation sites (N-methyl/N-ethyl adjacent to an activating group) is 1. The van der Waals surface area contributed by atoms with Crippen LogP contribution in [-0.4, -0.2) is 92.5 Å². The highest BCUT2D eigenvalue weighted by atomic mass is 19.4. The van der Waals surface area contributed by atoms with Crippen LogP contribution in [0.5, 0.6) is 11.5 Å². The SMILES string of the molecule is COc1ccc([C@@]23CC[C@@H](NC(=O)Nc4ccc(F)c(F)c4)C[C@@H]2N(CC(=O)N(C)C)CC3)cc1OC.O=C(O)C(F)(F)F. The van der Waals surface area contributed by atoms with Crippen molar-refractivity contribution >= 4 is 23.6 Å². The van der Waals surface area contributed by atoms with E-state index in [-0.39, 0.29) is 29.1 Å². The molecule has 2 aliphatic rings. The van der Waals surface area contributed by atoms with Gasteiger partial charge in [-0.2, -0.15) is 13.2 Å². The number of methoxy groups -OCH3 is 2. The molecule has 0 spiro atoms. The molecule has 10 nitrogen and oxygen atoms in total. The number of likely N-dealkylation sites (tertiary alicyclic amines) is 1. The van der Waals surface area contributed by atoms with Gasteiger partial charge in [0.05, 0.1) is 20.8 Å². The van der Waals surface area contributed by atoms with Crippen LogP contribution >= 0.6 is 0 Å². The maximum atomic E-state index is 13.5. The lowest BCUT2D eigenvalue weighted by atomic mass is 9.65. The van der Waals surface area contributed by atoms with E-state index in [2.05, 4.69) is 21.6 Å². The number of carbonyl (C=O) groups excluding carboxylic acids is 2. The number of aliphatic carboxylic acids is 1. The Morgan fingerprint density at radius 3 is 2.25 bits per heavy atom. The van der Waals surface area contributed by atoms with E-state index < -0.39 is 29.8 Å². The zero-order chi connectivity index (χ0) is 32.8. The maximum Gasteiger partial charge on any atom is 0.490 e. The highest BCUT2D eigenvalue weighted by molar-refractivity contribution is 5.89. The summed E-state index contributed by atoms with van der Waals surface area (Å²) in [5, 5.41) is 12.7. The van der Waals surface area contributed by atoms with Gasteiger partial charge >= 0.3 is 18.2 Å². The van der Waals surface area contributed by atoms with Crippen molar-refractivity contribution < 1.29 is 50.9 Å². The third kappa shape index (κ3) is 8.07. The number of halogens is 5. The summed E-state index contributed by atoms with van der Waals surface area (Å²) in [6, 6.07) is 8.60. The zero-order valence-electron chi connectivity index (χ0n) is 24.6. The molecule has 44 heavy (non-hydrogen) atoms. The molecule has 3 amide bonds. The number of nitrogens with zero attached hydrogens (tertiary/aromatic N) is 2. The lowest BCUT2D eigenvalue weighted by Gasteiger charge is -2.45. The van der Waals surface area contributed by atoms with Crippen molar-refractivity contribution in [3.8, 4) is 11.5 Å². The van der Waals surface area contributed by atoms with Crippen molar-refractivity contribution in [1.29, 1.82) is 0 Å². The zero-order valence-corrected chi connectivity index (χ0v) is 24.6. The Kier molecular flexibility index (Phi) is 11.0. The van der Waals surface area contributed by atoms with E-state index in [1.165, 1.54) is 6.07 Å². The monoisotopic (exact) mass is 630 g/mol. The van der Waals surface area contributed by atoms with Gasteiger partial charge in [0.25, 0.3) is 0 Å². The normalized spacial score (nSPS) is 21.3. The molecule has 4 rings (SSSR count). The minimum atomic E-state index is -5.08. The van der Waals surface area contributed by atoms with Crippen molar-refractivity contribution in [2.75, 3.05) is 46.7 Å². The molecule has 0 unspecified atom stereocenters. The lowest BCUT2D eigenvalue weighted by molar-refractivity contribution is -0.192. The largest absolute Gasteiger partial charge is 0.493 e. The molecule has 242 valence electrons. The van der Waals surface area contributed by atoms with Gasteiger partial charge < -0.3 is 30.1 Å². The van der Waals surface area contributed by atoms with Gasteiger partial charge in [0.15, 0.2) is 23.1 Å². The molecule has 1 aliphatic heterocycles. The van der Waals surface area contributed by atoms with Crippen LogP contribution < -0.4 is 20.1 Å². The van der Waals surface area contributed by atoms with Crippen molar-refractivity contribution in [3.05, 3.63) is 53.6 Å². The summed E-state index contributed by atoms with van der Waals surface area (Å²) in [6.07, 6.45) is -2.04. The first-order valence-corrected chi connectivity index (χ1v) is 13.6. The van der Waals surface area contributed by atoms with Gasteiger partial charge in [-0.1, -0.05) is 6.07 Å². The van der Waals surface area contributed by atoms with Crippen molar-refractivity contribution in [1.82, 2.24) is 15.1 Å². The highest BCUT2D eigenvalue weighted by Crippen LogP contribution is 2.50. The number of anilines is 1. The average Bonchev–Trinajstić information content (AvgIpc) is 3.32. The van der Waals surface area contributed by atoms with Crippen LogP contribution in [0.1, 0.15) is 31.2 Å². The fourth-order valence-electron chi connectivity index (χ4n) is 5.69. The predicted octanol–water partition coefficient (Wildman–Crippen LogP) is 4.39. The van der Waals surface area contributed by atoms with Crippen LogP contribution in [0.15, 0.2) is 36.4 Å². The van der Waals surface area contributed by atoms with E-state index in [1.54, 1.807) is 33.2 Å². The third-order valence-corrected chi connectivity index (χ3v) is 7.92. The molecule has 0 radical (unpaired) electrons. The van der Waals surface area contributed by atoms with E-state index in [0.29, 0.717) is 24.5 Å². The molecule has 1 saturated heterocycles. The Morgan fingerprint density at radius 2 is 1.68 bits per heavy atom. The van der Waals surface area contributed by atoms with Gasteiger partial charge in [0, 0.05) is 43.3 Å². The summed E-state index contributed by atoms with van der Waals surface area (Å²) < 4.78 is 69.5. The molecule has 3 N–H and O–H groups in total. The number of nitrogens with one attached hydrogen (secondary N) is 2. The Labute approximate surface area is 251 Å². The summed E-state index contributed by atoms with van der Waals surface area (Å²) in [6.45, 7) is 1.05. The van der Waals surface area contributed by atoms with Crippen molar-refractivity contribution in [2.24, 2.45) is 0 Å². The lowest BCUT2D eigenvalue weighted by Crippen LogP contribution is -2.54. The van der Waals surface area contributed by atoms with Gasteiger partial charge in [-0.15, -0.1) is 0 Å². The number of hydrogen-bond donors (Lipinski definition) is 3. The molecule has 1 saturated carbocycles. The van der Waals surface area contributed by atoms with E-state index in [0.717, 1.165) is 43.5 Å². The number of rotatable bonds is 7.